The number of guanidine groups is 1. The number of halogens is 1. The van der Waals surface area contributed by atoms with E-state index in [0.717, 1.165) is 10.0 Å². The predicted molar refractivity (Wildman–Crippen MR) is 77.2 cm³/mol. The van der Waals surface area contributed by atoms with Crippen molar-refractivity contribution < 1.29 is 4.74 Å². The molecule has 1 rings (SSSR count). The van der Waals surface area contributed by atoms with E-state index < -0.39 is 0 Å². The zero-order chi connectivity index (χ0) is 13.4. The second kappa shape index (κ2) is 8.07. The van der Waals surface area contributed by atoms with E-state index in [1.54, 1.807) is 7.11 Å². The predicted octanol–water partition coefficient (Wildman–Crippen LogP) is 1.57. The van der Waals surface area contributed by atoms with E-state index in [2.05, 4.69) is 31.7 Å². The average molecular weight is 315 g/mol. The maximum Gasteiger partial charge on any atom is 0.206 e. The summed E-state index contributed by atoms with van der Waals surface area (Å²) in [5.41, 5.74) is 3.71. The second-order valence-electron chi connectivity index (χ2n) is 3.79. The highest BCUT2D eigenvalue weighted by molar-refractivity contribution is 9.10. The highest BCUT2D eigenvalue weighted by atomic mass is 79.9. The molecule has 4 N–H and O–H groups in total. The van der Waals surface area contributed by atoms with Crippen LogP contribution in [0.2, 0.25) is 0 Å². The lowest BCUT2D eigenvalue weighted by Gasteiger charge is -2.17. The molecule has 0 fully saturated rings. The third kappa shape index (κ3) is 5.03. The summed E-state index contributed by atoms with van der Waals surface area (Å²) in [7, 11) is 1.64. The Bertz CT molecular complexity index is 380. The lowest BCUT2D eigenvalue weighted by molar-refractivity contribution is 0.208. The number of benzene rings is 1. The maximum absolute atomic E-state index is 5.41. The Hall–Kier alpha value is -1.11. The van der Waals surface area contributed by atoms with Gasteiger partial charge in [-0.1, -0.05) is 28.1 Å². The monoisotopic (exact) mass is 314 g/mol. The highest BCUT2D eigenvalue weighted by Crippen LogP contribution is 2.16. The van der Waals surface area contributed by atoms with Gasteiger partial charge in [0, 0.05) is 11.6 Å². The van der Waals surface area contributed by atoms with Crippen molar-refractivity contribution >= 4 is 21.9 Å². The standard InChI is InChI=1S/C12H19BrN4O/c1-9(10-3-5-11(13)6-4-10)16-12(17-14)15-7-8-18-2/h3-6,9H,7-8,14H2,1-2H3,(H2,15,16,17). The Balaban J connectivity index is 2.58. The molecule has 100 valence electrons. The number of nitrogens with one attached hydrogen (secondary N) is 2. The van der Waals surface area contributed by atoms with Crippen molar-refractivity contribution in [2.24, 2.45) is 10.8 Å². The van der Waals surface area contributed by atoms with Crippen LogP contribution in [-0.4, -0.2) is 26.2 Å². The van der Waals surface area contributed by atoms with Crippen LogP contribution in [0.15, 0.2) is 33.7 Å². The number of hydrazine groups is 1. The van der Waals surface area contributed by atoms with Crippen LogP contribution in [0.5, 0.6) is 0 Å². The summed E-state index contributed by atoms with van der Waals surface area (Å²) in [6.07, 6.45) is 0. The Labute approximate surface area is 116 Å². The Morgan fingerprint density at radius 2 is 2.11 bits per heavy atom. The van der Waals surface area contributed by atoms with Gasteiger partial charge in [-0.05, 0) is 24.6 Å². The molecule has 0 saturated heterocycles. The van der Waals surface area contributed by atoms with Gasteiger partial charge in [0.15, 0.2) is 0 Å². The summed E-state index contributed by atoms with van der Waals surface area (Å²) in [6, 6.07) is 8.22. The first-order chi connectivity index (χ1) is 8.67. The topological polar surface area (TPSA) is 71.7 Å². The van der Waals surface area contributed by atoms with Gasteiger partial charge in [0.05, 0.1) is 19.2 Å². The minimum absolute atomic E-state index is 0.121. The number of aliphatic imine (C=N–C) groups is 1. The first-order valence-corrected chi connectivity index (χ1v) is 6.48. The molecule has 5 nitrogen and oxygen atoms in total. The molecule has 0 aromatic heterocycles. The Kier molecular flexibility index (Phi) is 6.70. The first kappa shape index (κ1) is 14.9. The van der Waals surface area contributed by atoms with Gasteiger partial charge in [0.1, 0.15) is 0 Å². The van der Waals surface area contributed by atoms with Crippen molar-refractivity contribution in [2.75, 3.05) is 20.3 Å². The number of ether oxygens (including phenoxy) is 1. The second-order valence-corrected chi connectivity index (χ2v) is 4.70. The molecule has 0 heterocycles. The molecule has 0 spiro atoms. The number of hydrogen-bond acceptors (Lipinski definition) is 3. The summed E-state index contributed by atoms with van der Waals surface area (Å²) in [5, 5.41) is 3.20. The fourth-order valence-electron chi connectivity index (χ4n) is 1.42. The summed E-state index contributed by atoms with van der Waals surface area (Å²) in [4.78, 5) is 4.25. The van der Waals surface area contributed by atoms with E-state index in [9.17, 15) is 0 Å². The normalized spacial score (nSPS) is 13.2. The highest BCUT2D eigenvalue weighted by Gasteiger charge is 2.06. The minimum atomic E-state index is 0.121. The van der Waals surface area contributed by atoms with Crippen LogP contribution < -0.4 is 16.6 Å². The molecular weight excluding hydrogens is 296 g/mol. The number of rotatable bonds is 5. The van der Waals surface area contributed by atoms with Crippen LogP contribution in [0.25, 0.3) is 0 Å². The van der Waals surface area contributed by atoms with Gasteiger partial charge in [-0.25, -0.2) is 10.8 Å². The van der Waals surface area contributed by atoms with Crippen LogP contribution in [-0.2, 0) is 4.74 Å². The first-order valence-electron chi connectivity index (χ1n) is 5.69. The smallest absolute Gasteiger partial charge is 0.206 e. The van der Waals surface area contributed by atoms with Crippen molar-refractivity contribution in [3.8, 4) is 0 Å². The molecule has 0 aliphatic heterocycles. The molecule has 0 aliphatic carbocycles. The van der Waals surface area contributed by atoms with Gasteiger partial charge < -0.3 is 10.1 Å². The molecule has 1 atom stereocenters. The zero-order valence-electron chi connectivity index (χ0n) is 10.6. The van der Waals surface area contributed by atoms with E-state index in [4.69, 9.17) is 10.6 Å². The third-order valence-corrected chi connectivity index (χ3v) is 2.95. The van der Waals surface area contributed by atoms with Gasteiger partial charge in [0.25, 0.3) is 0 Å². The van der Waals surface area contributed by atoms with Gasteiger partial charge in [-0.3, -0.25) is 5.43 Å². The molecular formula is C12H19BrN4O. The number of methoxy groups -OCH3 is 1. The van der Waals surface area contributed by atoms with E-state index in [0.29, 0.717) is 19.1 Å². The van der Waals surface area contributed by atoms with Gasteiger partial charge in [-0.2, -0.15) is 0 Å². The van der Waals surface area contributed by atoms with E-state index in [-0.39, 0.29) is 6.04 Å². The molecule has 6 heteroatoms. The lowest BCUT2D eigenvalue weighted by atomic mass is 10.1. The van der Waals surface area contributed by atoms with Crippen molar-refractivity contribution in [3.05, 3.63) is 34.3 Å². The number of nitrogens with zero attached hydrogens (tertiary/aromatic N) is 1. The quantitative estimate of drug-likeness (QED) is 0.254. The number of nitrogens with two attached hydrogens (primary N) is 1. The zero-order valence-corrected chi connectivity index (χ0v) is 12.2. The van der Waals surface area contributed by atoms with Crippen LogP contribution in [0.1, 0.15) is 18.5 Å². The SMILES string of the molecule is COCCN=C(NN)NC(C)c1ccc(Br)cc1. The summed E-state index contributed by atoms with van der Waals surface area (Å²) >= 11 is 3.41. The minimum Gasteiger partial charge on any atom is -0.383 e. The van der Waals surface area contributed by atoms with Crippen molar-refractivity contribution in [1.82, 2.24) is 10.7 Å². The summed E-state index contributed by atoms with van der Waals surface area (Å²) in [6.45, 7) is 3.18. The molecule has 1 aromatic rings. The van der Waals surface area contributed by atoms with Crippen molar-refractivity contribution in [3.63, 3.8) is 0 Å². The molecule has 1 unspecified atom stereocenters. The fourth-order valence-corrected chi connectivity index (χ4v) is 1.69. The van der Waals surface area contributed by atoms with Crippen LogP contribution in [0.3, 0.4) is 0 Å². The molecule has 1 aromatic carbocycles. The summed E-state index contributed by atoms with van der Waals surface area (Å²) < 4.78 is 5.99. The van der Waals surface area contributed by atoms with Crippen LogP contribution in [0, 0.1) is 0 Å². The third-order valence-electron chi connectivity index (χ3n) is 2.43. The Morgan fingerprint density at radius 3 is 2.67 bits per heavy atom. The molecule has 0 radical (unpaired) electrons. The molecule has 0 bridgehead atoms. The molecule has 18 heavy (non-hydrogen) atoms. The molecule has 0 saturated carbocycles. The largest absolute Gasteiger partial charge is 0.383 e. The van der Waals surface area contributed by atoms with Gasteiger partial charge in [0.2, 0.25) is 5.96 Å². The van der Waals surface area contributed by atoms with Gasteiger partial charge >= 0.3 is 0 Å². The van der Waals surface area contributed by atoms with Crippen LogP contribution in [0.4, 0.5) is 0 Å². The lowest BCUT2D eigenvalue weighted by Crippen LogP contribution is -2.42. The summed E-state index contributed by atoms with van der Waals surface area (Å²) in [5.74, 6) is 5.97. The van der Waals surface area contributed by atoms with Gasteiger partial charge in [-0.15, -0.1) is 0 Å². The average Bonchev–Trinajstić information content (AvgIpc) is 2.38. The van der Waals surface area contributed by atoms with E-state index >= 15 is 0 Å². The fraction of sp³-hybridized carbons (Fsp3) is 0.417. The van der Waals surface area contributed by atoms with E-state index in [1.165, 1.54) is 0 Å². The van der Waals surface area contributed by atoms with Crippen LogP contribution >= 0.6 is 15.9 Å². The molecule has 0 amide bonds. The Morgan fingerprint density at radius 1 is 1.44 bits per heavy atom. The number of hydrogen-bond donors (Lipinski definition) is 3. The van der Waals surface area contributed by atoms with Crippen molar-refractivity contribution in [2.45, 2.75) is 13.0 Å². The maximum atomic E-state index is 5.41. The van der Waals surface area contributed by atoms with E-state index in [1.807, 2.05) is 31.2 Å². The van der Waals surface area contributed by atoms with Crippen molar-refractivity contribution in [1.29, 1.82) is 0 Å². The molecule has 0 aliphatic rings.